The van der Waals surface area contributed by atoms with Gasteiger partial charge in [-0.05, 0) is 73.8 Å². The second-order valence-electron chi connectivity index (χ2n) is 20.3. The van der Waals surface area contributed by atoms with Crippen molar-refractivity contribution in [2.75, 3.05) is 24.6 Å². The quantitative estimate of drug-likeness (QED) is 0.0287. The van der Waals surface area contributed by atoms with Gasteiger partial charge in [0, 0.05) is 36.8 Å². The zero-order valence-corrected chi connectivity index (χ0v) is 45.3. The Morgan fingerprint density at radius 3 is 1.34 bits per heavy atom. The average molecular weight is 952 g/mol. The number of pyridine rings is 1. The molecule has 1 heterocycles. The van der Waals surface area contributed by atoms with Gasteiger partial charge in [0.05, 0.1) is 6.61 Å². The van der Waals surface area contributed by atoms with Crippen LogP contribution in [0.2, 0.25) is 0 Å². The summed E-state index contributed by atoms with van der Waals surface area (Å²) >= 11 is 0. The molecule has 0 amide bonds. The molecular weight excluding hydrogens is 845 g/mol. The summed E-state index contributed by atoms with van der Waals surface area (Å²) < 4.78 is 37.3. The third-order valence-electron chi connectivity index (χ3n) is 14.0. The van der Waals surface area contributed by atoms with Crippen LogP contribution in [-0.4, -0.2) is 32.7 Å². The van der Waals surface area contributed by atoms with Crippen LogP contribution >= 0.6 is 0 Å². The molecule has 0 aliphatic heterocycles. The number of hydrogen-bond acceptors (Lipinski definition) is 5. The van der Waals surface area contributed by atoms with Crippen LogP contribution in [0.15, 0.2) is 42.7 Å². The van der Waals surface area contributed by atoms with Gasteiger partial charge < -0.3 is 9.45 Å². The molecule has 0 radical (unpaired) electrons. The van der Waals surface area contributed by atoms with Gasteiger partial charge in [0.15, 0.2) is 12.4 Å². The van der Waals surface area contributed by atoms with Gasteiger partial charge in [-0.25, -0.2) is 13.0 Å². The van der Waals surface area contributed by atoms with Crippen LogP contribution in [-0.2, 0) is 27.5 Å². The molecule has 0 atom stereocenters. The van der Waals surface area contributed by atoms with E-state index in [0.717, 1.165) is 12.8 Å². The zero-order valence-electron chi connectivity index (χ0n) is 44.5. The van der Waals surface area contributed by atoms with Crippen molar-refractivity contribution in [2.45, 2.75) is 285 Å². The highest BCUT2D eigenvalue weighted by Crippen LogP contribution is 2.32. The van der Waals surface area contributed by atoms with Gasteiger partial charge in [-0.15, -0.1) is 0 Å². The Labute approximate surface area is 416 Å². The van der Waals surface area contributed by atoms with E-state index in [-0.39, 0.29) is 6.61 Å². The van der Waals surface area contributed by atoms with E-state index in [2.05, 4.69) is 90.1 Å². The lowest BCUT2D eigenvalue weighted by molar-refractivity contribution is -0.697. The minimum Gasteiger partial charge on any atom is -0.726 e. The molecule has 7 heteroatoms. The van der Waals surface area contributed by atoms with Gasteiger partial charge in [-0.1, -0.05) is 245 Å². The van der Waals surface area contributed by atoms with Gasteiger partial charge in [-0.2, -0.15) is 0 Å². The van der Waals surface area contributed by atoms with Crippen molar-refractivity contribution in [2.24, 2.45) is 0 Å². The first-order valence-corrected chi connectivity index (χ1v) is 30.3. The number of unbranched alkanes of at least 4 members (excludes halogenated alkanes) is 32. The van der Waals surface area contributed by atoms with E-state index in [9.17, 15) is 13.0 Å². The SMILES string of the molecule is CCCCCCCCCCCCCCCCCCOS(=O)(=O)[O-].CCCCCCCCCCCCCCCCCC[n+]1ccc2c(c1)CCCC2=Cc1ccc(N(CCCC)CCCC)cc1. The van der Waals surface area contributed by atoms with Gasteiger partial charge in [0.2, 0.25) is 10.4 Å². The first-order chi connectivity index (χ1) is 32.8. The van der Waals surface area contributed by atoms with Crippen molar-refractivity contribution in [1.29, 1.82) is 0 Å². The number of benzene rings is 1. The van der Waals surface area contributed by atoms with Crippen molar-refractivity contribution in [3.63, 3.8) is 0 Å². The molecule has 386 valence electrons. The molecule has 0 fully saturated rings. The van der Waals surface area contributed by atoms with E-state index < -0.39 is 10.4 Å². The van der Waals surface area contributed by atoms with Crippen molar-refractivity contribution in [3.8, 4) is 0 Å². The second-order valence-corrected chi connectivity index (χ2v) is 21.3. The summed E-state index contributed by atoms with van der Waals surface area (Å²) in [5, 5.41) is 0. The molecule has 0 N–H and O–H groups in total. The minimum absolute atomic E-state index is 0.0320. The van der Waals surface area contributed by atoms with Crippen molar-refractivity contribution < 1.29 is 21.7 Å². The summed E-state index contributed by atoms with van der Waals surface area (Å²) in [7, 11) is -4.49. The number of aryl methyl sites for hydroxylation is 2. The normalized spacial score (nSPS) is 13.2. The molecule has 0 saturated heterocycles. The molecule has 0 bridgehead atoms. The van der Waals surface area contributed by atoms with Crippen LogP contribution in [0.4, 0.5) is 5.69 Å². The Kier molecular flexibility index (Phi) is 38.8. The van der Waals surface area contributed by atoms with Gasteiger partial charge in [0.25, 0.3) is 0 Å². The Morgan fingerprint density at radius 2 is 0.925 bits per heavy atom. The van der Waals surface area contributed by atoms with E-state index in [0.29, 0.717) is 6.42 Å². The van der Waals surface area contributed by atoms with Crippen LogP contribution in [0.5, 0.6) is 0 Å². The first kappa shape index (κ1) is 60.9. The van der Waals surface area contributed by atoms with Crippen molar-refractivity contribution >= 4 is 27.7 Å². The lowest BCUT2D eigenvalue weighted by atomic mass is 9.87. The maximum atomic E-state index is 10.2. The van der Waals surface area contributed by atoms with E-state index in [1.807, 2.05) is 0 Å². The topological polar surface area (TPSA) is 73.5 Å². The molecule has 1 aliphatic carbocycles. The molecule has 6 nitrogen and oxygen atoms in total. The first-order valence-electron chi connectivity index (χ1n) is 29.0. The fourth-order valence-corrected chi connectivity index (χ4v) is 10.0. The Bertz CT molecular complexity index is 1550. The predicted molar refractivity (Wildman–Crippen MR) is 291 cm³/mol. The Balaban J connectivity index is 0.000000567. The van der Waals surface area contributed by atoms with Gasteiger partial charge in [0.1, 0.15) is 6.54 Å². The summed E-state index contributed by atoms with van der Waals surface area (Å²) in [6.45, 7) is 12.7. The largest absolute Gasteiger partial charge is 0.726 e. The van der Waals surface area contributed by atoms with Crippen LogP contribution < -0.4 is 9.47 Å². The molecule has 0 unspecified atom stereocenters. The molecule has 0 spiro atoms. The third-order valence-corrected chi connectivity index (χ3v) is 14.5. The minimum atomic E-state index is -4.49. The van der Waals surface area contributed by atoms with Gasteiger partial charge in [-0.3, -0.25) is 4.18 Å². The van der Waals surface area contributed by atoms with Crippen LogP contribution in [0, 0.1) is 0 Å². The fourth-order valence-electron chi connectivity index (χ4n) is 9.70. The summed E-state index contributed by atoms with van der Waals surface area (Å²) in [5.41, 5.74) is 7.27. The average Bonchev–Trinajstić information content (AvgIpc) is 3.32. The predicted octanol–water partition coefficient (Wildman–Crippen LogP) is 18.2. The van der Waals surface area contributed by atoms with Crippen molar-refractivity contribution in [1.82, 2.24) is 0 Å². The van der Waals surface area contributed by atoms with Crippen LogP contribution in [0.25, 0.3) is 11.6 Å². The summed E-state index contributed by atoms with van der Waals surface area (Å²) in [5.74, 6) is 0. The smallest absolute Gasteiger partial charge is 0.217 e. The van der Waals surface area contributed by atoms with E-state index >= 15 is 0 Å². The highest BCUT2D eigenvalue weighted by Gasteiger charge is 2.18. The third kappa shape index (κ3) is 33.9. The maximum Gasteiger partial charge on any atom is 0.217 e. The number of aromatic nitrogens is 1. The standard InChI is InChI=1S/C42H69N2.C18H38O4S/c1-4-7-10-11-12-13-14-15-16-17-18-19-20-21-22-23-32-43-35-31-42-39(25-24-26-40(42)37-43)36-38-27-29-41(30-28-38)44(33-8-5-2)34-9-6-3;1-2-3-4-5-6-7-8-9-10-11-12-13-14-15-16-17-18-22-23(19,20)21/h27-31,35-37H,4-26,32-34H2,1-3H3;2-18H2,1H3,(H,19,20,21)/q+1;/p-1. The molecule has 67 heavy (non-hydrogen) atoms. The number of allylic oxidation sites excluding steroid dienone is 1. The molecule has 2 aromatic rings. The van der Waals surface area contributed by atoms with E-state index in [1.54, 1.807) is 5.56 Å². The molecular formula is C60H106N2O4S. The van der Waals surface area contributed by atoms with E-state index in [1.165, 1.54) is 273 Å². The van der Waals surface area contributed by atoms with E-state index in [4.69, 9.17) is 0 Å². The lowest BCUT2D eigenvalue weighted by Gasteiger charge is -2.25. The molecule has 3 rings (SSSR count). The number of anilines is 1. The second kappa shape index (κ2) is 42.6. The monoisotopic (exact) mass is 951 g/mol. The maximum absolute atomic E-state index is 10.2. The molecule has 1 aliphatic rings. The van der Waals surface area contributed by atoms with Crippen LogP contribution in [0.3, 0.4) is 0 Å². The number of rotatable bonds is 43. The Hall–Kier alpha value is -2.22. The zero-order chi connectivity index (χ0) is 48.3. The highest BCUT2D eigenvalue weighted by atomic mass is 32.3. The highest BCUT2D eigenvalue weighted by molar-refractivity contribution is 7.80. The van der Waals surface area contributed by atoms with Crippen LogP contribution in [0.1, 0.15) is 288 Å². The van der Waals surface area contributed by atoms with Crippen molar-refractivity contribution in [3.05, 3.63) is 59.4 Å². The summed E-state index contributed by atoms with van der Waals surface area (Å²) in [6, 6.07) is 11.8. The Morgan fingerprint density at radius 1 is 0.522 bits per heavy atom. The summed E-state index contributed by atoms with van der Waals surface area (Å²) in [6.07, 6.45) is 59.2. The lowest BCUT2D eigenvalue weighted by Crippen LogP contribution is -2.34. The molecule has 1 aromatic carbocycles. The summed E-state index contributed by atoms with van der Waals surface area (Å²) in [4.78, 5) is 2.58. The molecule has 0 saturated carbocycles. The number of fused-ring (bicyclic) bond motifs is 1. The number of nitrogens with zero attached hydrogens (tertiary/aromatic N) is 2. The number of hydrogen-bond donors (Lipinski definition) is 0. The fraction of sp³-hybridized carbons (Fsp3) is 0.783. The molecule has 1 aromatic heterocycles. The van der Waals surface area contributed by atoms with Gasteiger partial charge >= 0.3 is 0 Å².